The van der Waals surface area contributed by atoms with E-state index in [2.05, 4.69) is 52.8 Å². The number of aliphatic imine (C=N–C) groups is 1. The first-order valence-corrected chi connectivity index (χ1v) is 12.5. The zero-order valence-corrected chi connectivity index (χ0v) is 18.9. The summed E-state index contributed by atoms with van der Waals surface area (Å²) < 4.78 is 24.8. The molecule has 2 rings (SSSR count). The molecule has 164 valence electrons. The summed E-state index contributed by atoms with van der Waals surface area (Å²) in [6.45, 7) is 9.30. The zero-order chi connectivity index (χ0) is 21.1. The quantitative estimate of drug-likeness (QED) is 0.323. The topological polar surface area (TPSA) is 77.0 Å². The van der Waals surface area contributed by atoms with Gasteiger partial charge in [0.2, 0.25) is 10.0 Å². The molecule has 29 heavy (non-hydrogen) atoms. The normalized spacial score (nSPS) is 18.3. The fraction of sp³-hybridized carbons (Fsp3) is 0.667. The lowest BCUT2D eigenvalue weighted by Gasteiger charge is -2.23. The van der Waals surface area contributed by atoms with Gasteiger partial charge in [-0.2, -0.15) is 0 Å². The first-order valence-electron chi connectivity index (χ1n) is 10.7. The van der Waals surface area contributed by atoms with Gasteiger partial charge in [0.25, 0.3) is 0 Å². The Morgan fingerprint density at radius 3 is 2.66 bits per heavy atom. The van der Waals surface area contributed by atoms with E-state index in [1.807, 2.05) is 6.92 Å². The third kappa shape index (κ3) is 8.32. The SMILES string of the molecule is CCNC(=NCC1CCCN1Cc1ccccc1)NCCCN(CC)S(C)(=O)=O. The van der Waals surface area contributed by atoms with Crippen LogP contribution in [-0.2, 0) is 16.6 Å². The van der Waals surface area contributed by atoms with Crippen molar-refractivity contribution in [2.24, 2.45) is 4.99 Å². The van der Waals surface area contributed by atoms with Crippen LogP contribution in [0.15, 0.2) is 35.3 Å². The molecule has 0 aromatic heterocycles. The molecule has 1 aromatic rings. The second-order valence-corrected chi connectivity index (χ2v) is 9.49. The Bertz CT molecular complexity index is 724. The highest BCUT2D eigenvalue weighted by molar-refractivity contribution is 7.88. The molecule has 1 unspecified atom stereocenters. The molecule has 7 nitrogen and oxygen atoms in total. The Hall–Kier alpha value is -1.64. The summed E-state index contributed by atoms with van der Waals surface area (Å²) in [7, 11) is -3.13. The number of hydrogen-bond donors (Lipinski definition) is 2. The van der Waals surface area contributed by atoms with Crippen LogP contribution in [-0.4, -0.2) is 75.1 Å². The van der Waals surface area contributed by atoms with Gasteiger partial charge in [0.05, 0.1) is 12.8 Å². The molecule has 1 atom stereocenters. The fourth-order valence-electron chi connectivity index (χ4n) is 3.69. The molecular weight excluding hydrogens is 386 g/mol. The van der Waals surface area contributed by atoms with Gasteiger partial charge >= 0.3 is 0 Å². The molecule has 1 heterocycles. The number of guanidine groups is 1. The van der Waals surface area contributed by atoms with Gasteiger partial charge in [0.15, 0.2) is 5.96 Å². The minimum absolute atomic E-state index is 0.464. The fourth-order valence-corrected chi connectivity index (χ4v) is 4.62. The van der Waals surface area contributed by atoms with E-state index in [4.69, 9.17) is 4.99 Å². The summed E-state index contributed by atoms with van der Waals surface area (Å²) in [6, 6.07) is 11.1. The molecule has 0 amide bonds. The Labute approximate surface area is 176 Å². The average molecular weight is 424 g/mol. The lowest BCUT2D eigenvalue weighted by molar-refractivity contribution is 0.250. The van der Waals surface area contributed by atoms with Gasteiger partial charge in [0, 0.05) is 38.8 Å². The Morgan fingerprint density at radius 1 is 1.24 bits per heavy atom. The van der Waals surface area contributed by atoms with Crippen molar-refractivity contribution in [3.8, 4) is 0 Å². The van der Waals surface area contributed by atoms with E-state index in [-0.39, 0.29) is 0 Å². The van der Waals surface area contributed by atoms with Gasteiger partial charge in [-0.25, -0.2) is 12.7 Å². The van der Waals surface area contributed by atoms with Crippen molar-refractivity contribution in [1.29, 1.82) is 0 Å². The van der Waals surface area contributed by atoms with Crippen molar-refractivity contribution in [3.05, 3.63) is 35.9 Å². The molecule has 0 saturated carbocycles. The summed E-state index contributed by atoms with van der Waals surface area (Å²) in [4.78, 5) is 7.32. The van der Waals surface area contributed by atoms with Crippen LogP contribution in [0, 0.1) is 0 Å². The van der Waals surface area contributed by atoms with E-state index in [0.29, 0.717) is 25.7 Å². The third-order valence-electron chi connectivity index (χ3n) is 5.23. The third-order valence-corrected chi connectivity index (χ3v) is 6.61. The van der Waals surface area contributed by atoms with E-state index in [9.17, 15) is 8.42 Å². The monoisotopic (exact) mass is 423 g/mol. The lowest BCUT2D eigenvalue weighted by atomic mass is 10.2. The highest BCUT2D eigenvalue weighted by Gasteiger charge is 2.24. The molecule has 0 aliphatic carbocycles. The largest absolute Gasteiger partial charge is 0.357 e. The number of nitrogens with one attached hydrogen (secondary N) is 2. The first kappa shape index (κ1) is 23.6. The number of benzene rings is 1. The Morgan fingerprint density at radius 2 is 2.00 bits per heavy atom. The number of likely N-dealkylation sites (tertiary alicyclic amines) is 1. The van der Waals surface area contributed by atoms with Gasteiger partial charge in [-0.15, -0.1) is 0 Å². The Balaban J connectivity index is 1.82. The number of sulfonamides is 1. The maximum Gasteiger partial charge on any atom is 0.211 e. The average Bonchev–Trinajstić information content (AvgIpc) is 3.12. The van der Waals surface area contributed by atoms with Gasteiger partial charge in [0.1, 0.15) is 0 Å². The molecule has 1 saturated heterocycles. The van der Waals surface area contributed by atoms with Crippen LogP contribution in [0.1, 0.15) is 38.7 Å². The molecular formula is C21H37N5O2S. The minimum atomic E-state index is -3.13. The molecule has 0 radical (unpaired) electrons. The highest BCUT2D eigenvalue weighted by Crippen LogP contribution is 2.20. The first-order chi connectivity index (χ1) is 13.9. The highest BCUT2D eigenvalue weighted by atomic mass is 32.2. The Kier molecular flexibility index (Phi) is 9.90. The standard InChI is InChI=1S/C21H37N5O2S/c1-4-22-21(23-14-10-16-26(5-2)29(3,27)28)24-17-20-13-9-15-25(20)18-19-11-7-6-8-12-19/h6-8,11-12,20H,4-5,9-10,13-18H2,1-3H3,(H2,22,23,24). The number of hydrogen-bond acceptors (Lipinski definition) is 4. The molecule has 1 aromatic carbocycles. The second-order valence-electron chi connectivity index (χ2n) is 7.51. The van der Waals surface area contributed by atoms with Crippen molar-refractivity contribution in [2.45, 2.75) is 45.7 Å². The van der Waals surface area contributed by atoms with Crippen LogP contribution in [0.3, 0.4) is 0 Å². The summed E-state index contributed by atoms with van der Waals surface area (Å²) in [6.07, 6.45) is 4.40. The van der Waals surface area contributed by atoms with Gasteiger partial charge in [-0.1, -0.05) is 37.3 Å². The van der Waals surface area contributed by atoms with Crippen LogP contribution in [0.4, 0.5) is 0 Å². The van der Waals surface area contributed by atoms with E-state index < -0.39 is 10.0 Å². The molecule has 8 heteroatoms. The number of nitrogens with zero attached hydrogens (tertiary/aromatic N) is 3. The van der Waals surface area contributed by atoms with Crippen LogP contribution >= 0.6 is 0 Å². The van der Waals surface area contributed by atoms with Gasteiger partial charge < -0.3 is 10.6 Å². The minimum Gasteiger partial charge on any atom is -0.357 e. The van der Waals surface area contributed by atoms with Crippen molar-refractivity contribution < 1.29 is 8.42 Å². The van der Waals surface area contributed by atoms with E-state index in [1.165, 1.54) is 29.0 Å². The molecule has 1 fully saturated rings. The van der Waals surface area contributed by atoms with E-state index in [1.54, 1.807) is 0 Å². The predicted molar refractivity (Wildman–Crippen MR) is 121 cm³/mol. The second kappa shape index (κ2) is 12.1. The summed E-state index contributed by atoms with van der Waals surface area (Å²) >= 11 is 0. The van der Waals surface area contributed by atoms with Crippen molar-refractivity contribution >= 4 is 16.0 Å². The van der Waals surface area contributed by atoms with Crippen molar-refractivity contribution in [3.63, 3.8) is 0 Å². The molecule has 1 aliphatic heterocycles. The summed E-state index contributed by atoms with van der Waals surface area (Å²) in [5.41, 5.74) is 1.35. The predicted octanol–water partition coefficient (Wildman–Crippen LogP) is 1.88. The van der Waals surface area contributed by atoms with Gasteiger partial charge in [-0.3, -0.25) is 9.89 Å². The maximum atomic E-state index is 11.7. The number of rotatable bonds is 11. The van der Waals surface area contributed by atoms with E-state index >= 15 is 0 Å². The lowest BCUT2D eigenvalue weighted by Crippen LogP contribution is -2.40. The maximum absolute atomic E-state index is 11.7. The van der Waals surface area contributed by atoms with Crippen LogP contribution < -0.4 is 10.6 Å². The van der Waals surface area contributed by atoms with Gasteiger partial charge in [-0.05, 0) is 38.3 Å². The van der Waals surface area contributed by atoms with Crippen molar-refractivity contribution in [1.82, 2.24) is 19.8 Å². The zero-order valence-electron chi connectivity index (χ0n) is 18.1. The van der Waals surface area contributed by atoms with Crippen molar-refractivity contribution in [2.75, 3.05) is 45.5 Å². The smallest absolute Gasteiger partial charge is 0.211 e. The molecule has 0 bridgehead atoms. The van der Waals surface area contributed by atoms with Crippen LogP contribution in [0.25, 0.3) is 0 Å². The summed E-state index contributed by atoms with van der Waals surface area (Å²) in [5.74, 6) is 0.807. The molecule has 0 spiro atoms. The molecule has 2 N–H and O–H groups in total. The van der Waals surface area contributed by atoms with E-state index in [0.717, 1.165) is 38.6 Å². The molecule has 1 aliphatic rings. The van der Waals surface area contributed by atoms with Crippen LogP contribution in [0.5, 0.6) is 0 Å². The summed E-state index contributed by atoms with van der Waals surface area (Å²) in [5, 5.41) is 6.63. The van der Waals surface area contributed by atoms with Crippen LogP contribution in [0.2, 0.25) is 0 Å².